The van der Waals surface area contributed by atoms with Crippen LogP contribution in [0.3, 0.4) is 0 Å². The number of hydrogen-bond donors (Lipinski definition) is 1. The number of carbonyl (C=O) groups excluding carboxylic acids is 1. The largest absolute Gasteiger partial charge is 0.421 e. The lowest BCUT2D eigenvalue weighted by atomic mass is 10.1. The van der Waals surface area contributed by atoms with Crippen LogP contribution in [0.1, 0.15) is 15.9 Å². The molecule has 0 saturated heterocycles. The first-order valence-corrected chi connectivity index (χ1v) is 7.52. The van der Waals surface area contributed by atoms with Gasteiger partial charge in [0, 0.05) is 37.4 Å². The lowest BCUT2D eigenvalue weighted by molar-refractivity contribution is 0.0736. The molecule has 1 N–H and O–H groups in total. The first kappa shape index (κ1) is 15.5. The maximum absolute atomic E-state index is 12.5. The zero-order valence-corrected chi connectivity index (χ0v) is 13.6. The van der Waals surface area contributed by atoms with E-state index in [9.17, 15) is 4.79 Å². The molecule has 0 unspecified atom stereocenters. The van der Waals surface area contributed by atoms with Crippen LogP contribution in [0, 0.1) is 0 Å². The average Bonchev–Trinajstić information content (AvgIpc) is 2.90. The molecule has 0 spiro atoms. The van der Waals surface area contributed by atoms with Crippen LogP contribution < -0.4 is 10.1 Å². The molecule has 1 aromatic carbocycles. The number of hydrogen-bond acceptors (Lipinski definition) is 4. The minimum absolute atomic E-state index is 0.325. The molecule has 0 aliphatic carbocycles. The zero-order valence-electron chi connectivity index (χ0n) is 12.8. The van der Waals surface area contributed by atoms with Crippen LogP contribution >= 0.6 is 11.6 Å². The lowest BCUT2D eigenvalue weighted by Gasteiger charge is -2.10. The second-order valence-corrected chi connectivity index (χ2v) is 5.66. The summed E-state index contributed by atoms with van der Waals surface area (Å²) >= 11 is 5.86. The van der Waals surface area contributed by atoms with Crippen LogP contribution in [0.2, 0.25) is 5.02 Å². The van der Waals surface area contributed by atoms with Crippen LogP contribution in [-0.2, 0) is 13.6 Å². The van der Waals surface area contributed by atoms with Crippen LogP contribution in [0.4, 0.5) is 0 Å². The third-order valence-corrected chi connectivity index (χ3v) is 3.80. The van der Waals surface area contributed by atoms with E-state index in [0.717, 1.165) is 23.0 Å². The van der Waals surface area contributed by atoms with Gasteiger partial charge in [-0.2, -0.15) is 0 Å². The van der Waals surface area contributed by atoms with Crippen molar-refractivity contribution >= 4 is 28.5 Å². The molecule has 0 fully saturated rings. The second kappa shape index (κ2) is 6.40. The summed E-state index contributed by atoms with van der Waals surface area (Å²) in [6.07, 6.45) is 4.88. The van der Waals surface area contributed by atoms with Crippen molar-refractivity contribution in [1.29, 1.82) is 0 Å². The third-order valence-electron chi connectivity index (χ3n) is 3.60. The summed E-state index contributed by atoms with van der Waals surface area (Å²) in [6, 6.07) is 7.20. The number of rotatable bonds is 4. The number of esters is 1. The van der Waals surface area contributed by atoms with Gasteiger partial charge in [0.1, 0.15) is 0 Å². The highest BCUT2D eigenvalue weighted by Crippen LogP contribution is 2.25. The van der Waals surface area contributed by atoms with Crippen molar-refractivity contribution in [1.82, 2.24) is 14.9 Å². The third kappa shape index (κ3) is 3.06. The summed E-state index contributed by atoms with van der Waals surface area (Å²) in [5.74, 6) is -0.104. The molecule has 0 aliphatic heterocycles. The van der Waals surface area contributed by atoms with Crippen LogP contribution in [0.25, 0.3) is 10.9 Å². The smallest absolute Gasteiger partial charge is 0.344 e. The van der Waals surface area contributed by atoms with Crippen molar-refractivity contribution in [3.05, 3.63) is 59.0 Å². The highest BCUT2D eigenvalue weighted by Gasteiger charge is 2.16. The van der Waals surface area contributed by atoms with E-state index in [2.05, 4.69) is 10.3 Å². The quantitative estimate of drug-likeness (QED) is 0.747. The van der Waals surface area contributed by atoms with Gasteiger partial charge in [-0.25, -0.2) is 4.79 Å². The van der Waals surface area contributed by atoms with Gasteiger partial charge in [0.05, 0.1) is 22.3 Å². The van der Waals surface area contributed by atoms with Crippen molar-refractivity contribution < 1.29 is 9.53 Å². The van der Waals surface area contributed by atoms with Gasteiger partial charge in [0.15, 0.2) is 5.75 Å². The SMILES string of the molecule is CNCc1ccc(C(=O)Oc2cncc(Cl)c2)c2ccn(C)c12. The molecule has 118 valence electrons. The topological polar surface area (TPSA) is 56.1 Å². The Hall–Kier alpha value is -2.37. The van der Waals surface area contributed by atoms with Crippen molar-refractivity contribution in [2.45, 2.75) is 6.54 Å². The lowest BCUT2D eigenvalue weighted by Crippen LogP contribution is -2.11. The second-order valence-electron chi connectivity index (χ2n) is 5.22. The fourth-order valence-corrected chi connectivity index (χ4v) is 2.78. The Morgan fingerprint density at radius 3 is 2.91 bits per heavy atom. The van der Waals surface area contributed by atoms with Crippen LogP contribution in [0.15, 0.2) is 42.9 Å². The summed E-state index contributed by atoms with van der Waals surface area (Å²) in [4.78, 5) is 16.4. The highest BCUT2D eigenvalue weighted by molar-refractivity contribution is 6.30. The number of aromatic nitrogens is 2. The zero-order chi connectivity index (χ0) is 16.4. The molecule has 0 aliphatic rings. The van der Waals surface area contributed by atoms with Gasteiger partial charge in [0.25, 0.3) is 0 Å². The monoisotopic (exact) mass is 329 g/mol. The molecule has 2 heterocycles. The number of fused-ring (bicyclic) bond motifs is 1. The summed E-state index contributed by atoms with van der Waals surface area (Å²) < 4.78 is 7.39. The fraction of sp³-hybridized carbons (Fsp3) is 0.176. The predicted molar refractivity (Wildman–Crippen MR) is 89.9 cm³/mol. The Morgan fingerprint density at radius 2 is 2.17 bits per heavy atom. The Bertz CT molecular complexity index is 873. The summed E-state index contributed by atoms with van der Waals surface area (Å²) in [6.45, 7) is 0.724. The number of nitrogens with one attached hydrogen (secondary N) is 1. The molecule has 0 amide bonds. The predicted octanol–water partition coefficient (Wildman–Crippen LogP) is 3.17. The molecule has 0 saturated carbocycles. The van der Waals surface area contributed by atoms with Gasteiger partial charge >= 0.3 is 5.97 Å². The molecule has 0 radical (unpaired) electrons. The molecule has 5 nitrogen and oxygen atoms in total. The van der Waals surface area contributed by atoms with Gasteiger partial charge in [0.2, 0.25) is 0 Å². The van der Waals surface area contributed by atoms with Crippen LogP contribution in [-0.4, -0.2) is 22.6 Å². The molecular weight excluding hydrogens is 314 g/mol. The van der Waals surface area contributed by atoms with E-state index in [-0.39, 0.29) is 0 Å². The van der Waals surface area contributed by atoms with E-state index in [1.165, 1.54) is 12.4 Å². The molecular formula is C17H16ClN3O2. The molecule has 3 aromatic rings. The van der Waals surface area contributed by atoms with E-state index >= 15 is 0 Å². The van der Waals surface area contributed by atoms with Gasteiger partial charge in [-0.3, -0.25) is 4.98 Å². The fourth-order valence-electron chi connectivity index (χ4n) is 2.62. The minimum atomic E-state index is -0.429. The Balaban J connectivity index is 2.00. The molecule has 6 heteroatoms. The van der Waals surface area contributed by atoms with Crippen LogP contribution in [0.5, 0.6) is 5.75 Å². The van der Waals surface area contributed by atoms with E-state index in [0.29, 0.717) is 16.3 Å². The summed E-state index contributed by atoms with van der Waals surface area (Å²) in [5, 5.41) is 4.42. The van der Waals surface area contributed by atoms with Crippen molar-refractivity contribution in [3.63, 3.8) is 0 Å². The molecule has 23 heavy (non-hydrogen) atoms. The number of carbonyl (C=O) groups is 1. The number of ether oxygens (including phenoxy) is 1. The van der Waals surface area contributed by atoms with Crippen molar-refractivity contribution in [2.24, 2.45) is 7.05 Å². The van der Waals surface area contributed by atoms with Crippen molar-refractivity contribution in [2.75, 3.05) is 7.05 Å². The molecule has 2 aromatic heterocycles. The average molecular weight is 330 g/mol. The minimum Gasteiger partial charge on any atom is -0.421 e. The number of aryl methyl sites for hydroxylation is 1. The van der Waals surface area contributed by atoms with Gasteiger partial charge in [-0.05, 0) is 24.7 Å². The maximum atomic E-state index is 12.5. The van der Waals surface area contributed by atoms with E-state index < -0.39 is 5.97 Å². The Morgan fingerprint density at radius 1 is 1.35 bits per heavy atom. The number of halogens is 1. The van der Waals surface area contributed by atoms with Gasteiger partial charge in [-0.15, -0.1) is 0 Å². The first-order valence-electron chi connectivity index (χ1n) is 7.14. The molecule has 0 bridgehead atoms. The number of nitrogens with zero attached hydrogens (tertiary/aromatic N) is 2. The standard InChI is InChI=1S/C17H16ClN3O2/c1-19-8-11-3-4-15(14-5-6-21(2)16(11)14)17(22)23-13-7-12(18)9-20-10-13/h3-7,9-10,19H,8H2,1-2H3. The Kier molecular flexibility index (Phi) is 4.32. The number of benzene rings is 1. The molecule has 3 rings (SSSR count). The maximum Gasteiger partial charge on any atom is 0.344 e. The summed E-state index contributed by atoms with van der Waals surface area (Å²) in [7, 11) is 3.85. The Labute approximate surface area is 138 Å². The van der Waals surface area contributed by atoms with E-state index in [4.69, 9.17) is 16.3 Å². The van der Waals surface area contributed by atoms with E-state index in [1.54, 1.807) is 12.1 Å². The summed E-state index contributed by atoms with van der Waals surface area (Å²) in [5.41, 5.74) is 2.65. The normalized spacial score (nSPS) is 10.9. The van der Waals surface area contributed by atoms with E-state index in [1.807, 2.05) is 37.0 Å². The van der Waals surface area contributed by atoms with Gasteiger partial charge < -0.3 is 14.6 Å². The molecule has 0 atom stereocenters. The van der Waals surface area contributed by atoms with Crippen molar-refractivity contribution in [3.8, 4) is 5.75 Å². The highest BCUT2D eigenvalue weighted by atomic mass is 35.5. The number of pyridine rings is 1. The van der Waals surface area contributed by atoms with Gasteiger partial charge in [-0.1, -0.05) is 17.7 Å². The first-order chi connectivity index (χ1) is 11.1.